The van der Waals surface area contributed by atoms with Crippen LogP contribution in [-0.4, -0.2) is 36.7 Å². The molecular formula is C18H19Br2N3O3S. The van der Waals surface area contributed by atoms with E-state index in [1.165, 1.54) is 4.31 Å². The number of hydrogen-bond donors (Lipinski definition) is 1. The number of rotatable bonds is 5. The summed E-state index contributed by atoms with van der Waals surface area (Å²) in [5.74, 6) is -0.219. The topological polar surface area (TPSA) is 79.4 Å². The van der Waals surface area contributed by atoms with E-state index in [1.807, 2.05) is 12.1 Å². The van der Waals surface area contributed by atoms with Gasteiger partial charge in [0.2, 0.25) is 15.9 Å². The van der Waals surface area contributed by atoms with Gasteiger partial charge in [-0.1, -0.05) is 37.9 Å². The summed E-state index contributed by atoms with van der Waals surface area (Å²) in [7, 11) is -3.58. The van der Waals surface area contributed by atoms with E-state index in [9.17, 15) is 13.2 Å². The van der Waals surface area contributed by atoms with Crippen molar-refractivity contribution in [1.82, 2.24) is 14.6 Å². The lowest BCUT2D eigenvalue weighted by atomic mass is 9.97. The number of carbonyl (C=O) groups is 1. The summed E-state index contributed by atoms with van der Waals surface area (Å²) in [5.41, 5.74) is 0.936. The van der Waals surface area contributed by atoms with E-state index in [1.54, 1.807) is 30.6 Å². The number of nitrogens with zero attached hydrogens (tertiary/aromatic N) is 2. The largest absolute Gasteiger partial charge is 0.352 e. The average Bonchev–Trinajstić information content (AvgIpc) is 2.66. The highest BCUT2D eigenvalue weighted by molar-refractivity contribution is 9.11. The standard InChI is InChI=1S/C18H19Br2N3O3S/c19-15-8-16(20)10-17(9-15)27(25,26)23-6-3-14(4-7-23)18(24)22-12-13-2-1-5-21-11-13/h1-2,5,8-11,14H,3-4,6-7,12H2,(H,22,24). The fourth-order valence-electron chi connectivity index (χ4n) is 3.02. The Morgan fingerprint density at radius 2 is 1.85 bits per heavy atom. The van der Waals surface area contributed by atoms with Crippen LogP contribution in [0.4, 0.5) is 0 Å². The van der Waals surface area contributed by atoms with Crippen LogP contribution in [0.3, 0.4) is 0 Å². The lowest BCUT2D eigenvalue weighted by molar-refractivity contribution is -0.126. The second-order valence-electron chi connectivity index (χ2n) is 6.36. The quantitative estimate of drug-likeness (QED) is 0.661. The van der Waals surface area contributed by atoms with Crippen LogP contribution in [0.2, 0.25) is 0 Å². The molecule has 1 aliphatic heterocycles. The molecule has 0 radical (unpaired) electrons. The number of benzene rings is 1. The molecule has 9 heteroatoms. The van der Waals surface area contributed by atoms with E-state index in [2.05, 4.69) is 42.2 Å². The Labute approximate surface area is 175 Å². The molecule has 2 heterocycles. The van der Waals surface area contributed by atoms with Gasteiger partial charge in [0.05, 0.1) is 4.90 Å². The molecule has 1 aromatic heterocycles. The zero-order valence-electron chi connectivity index (χ0n) is 14.4. The monoisotopic (exact) mass is 515 g/mol. The maximum Gasteiger partial charge on any atom is 0.243 e. The van der Waals surface area contributed by atoms with Crippen molar-refractivity contribution in [1.29, 1.82) is 0 Å². The van der Waals surface area contributed by atoms with Gasteiger partial charge in [0, 0.05) is 46.9 Å². The maximum absolute atomic E-state index is 12.9. The summed E-state index contributed by atoms with van der Waals surface area (Å²) < 4.78 is 28.6. The molecule has 1 fully saturated rings. The molecule has 1 amide bonds. The first-order valence-electron chi connectivity index (χ1n) is 8.49. The molecule has 1 aromatic carbocycles. The van der Waals surface area contributed by atoms with Crippen molar-refractivity contribution in [2.24, 2.45) is 5.92 Å². The summed E-state index contributed by atoms with van der Waals surface area (Å²) in [6.45, 7) is 1.09. The van der Waals surface area contributed by atoms with Crippen LogP contribution in [0, 0.1) is 5.92 Å². The van der Waals surface area contributed by atoms with Crippen LogP contribution in [0.1, 0.15) is 18.4 Å². The molecule has 0 saturated carbocycles. The van der Waals surface area contributed by atoms with Crippen LogP contribution in [0.5, 0.6) is 0 Å². The number of amides is 1. The highest BCUT2D eigenvalue weighted by Crippen LogP contribution is 2.28. The summed E-state index contributed by atoms with van der Waals surface area (Å²) >= 11 is 6.65. The van der Waals surface area contributed by atoms with Crippen molar-refractivity contribution >= 4 is 47.8 Å². The second kappa shape index (κ2) is 8.81. The summed E-state index contributed by atoms with van der Waals surface area (Å²) in [6, 6.07) is 8.70. The fourth-order valence-corrected chi connectivity index (χ4v) is 6.16. The number of carbonyl (C=O) groups excluding carboxylic acids is 1. The Kier molecular flexibility index (Phi) is 6.67. The summed E-state index contributed by atoms with van der Waals surface area (Å²) in [6.07, 6.45) is 4.41. The first-order valence-corrected chi connectivity index (χ1v) is 11.5. The fraction of sp³-hybridized carbons (Fsp3) is 0.333. The Hall–Kier alpha value is -1.29. The van der Waals surface area contributed by atoms with Gasteiger partial charge in [0.25, 0.3) is 0 Å². The number of halogens is 2. The third-order valence-electron chi connectivity index (χ3n) is 4.49. The zero-order chi connectivity index (χ0) is 19.4. The van der Waals surface area contributed by atoms with Gasteiger partial charge in [-0.25, -0.2) is 8.42 Å². The van der Waals surface area contributed by atoms with E-state index in [4.69, 9.17) is 0 Å². The number of sulfonamides is 1. The predicted molar refractivity (Wildman–Crippen MR) is 109 cm³/mol. The molecule has 6 nitrogen and oxygen atoms in total. The van der Waals surface area contributed by atoms with Crippen molar-refractivity contribution in [2.45, 2.75) is 24.3 Å². The lowest BCUT2D eigenvalue weighted by Crippen LogP contribution is -2.42. The molecule has 1 aliphatic rings. The molecule has 3 rings (SSSR count). The van der Waals surface area contributed by atoms with E-state index >= 15 is 0 Å². The molecular weight excluding hydrogens is 498 g/mol. The van der Waals surface area contributed by atoms with Gasteiger partial charge in [-0.3, -0.25) is 9.78 Å². The SMILES string of the molecule is O=C(NCc1cccnc1)C1CCN(S(=O)(=O)c2cc(Br)cc(Br)c2)CC1. The van der Waals surface area contributed by atoms with Crippen molar-refractivity contribution in [2.75, 3.05) is 13.1 Å². The third kappa shape index (κ3) is 5.16. The average molecular weight is 517 g/mol. The Balaban J connectivity index is 1.58. The van der Waals surface area contributed by atoms with Crippen LogP contribution < -0.4 is 5.32 Å². The zero-order valence-corrected chi connectivity index (χ0v) is 18.4. The van der Waals surface area contributed by atoms with Crippen LogP contribution >= 0.6 is 31.9 Å². The van der Waals surface area contributed by atoms with Crippen molar-refractivity contribution in [3.8, 4) is 0 Å². The van der Waals surface area contributed by atoms with Gasteiger partial charge in [-0.05, 0) is 42.7 Å². The minimum Gasteiger partial charge on any atom is -0.352 e. The number of pyridine rings is 1. The highest BCUT2D eigenvalue weighted by atomic mass is 79.9. The van der Waals surface area contributed by atoms with Gasteiger partial charge in [0.15, 0.2) is 0 Å². The first kappa shape index (κ1) is 20.4. The van der Waals surface area contributed by atoms with E-state index in [-0.39, 0.29) is 16.7 Å². The summed E-state index contributed by atoms with van der Waals surface area (Å²) in [5, 5.41) is 2.91. The normalized spacial score (nSPS) is 16.2. The van der Waals surface area contributed by atoms with E-state index in [0.29, 0.717) is 41.4 Å². The molecule has 0 unspecified atom stereocenters. The molecule has 1 saturated heterocycles. The van der Waals surface area contributed by atoms with Crippen molar-refractivity contribution in [3.63, 3.8) is 0 Å². The van der Waals surface area contributed by atoms with Crippen LogP contribution in [-0.2, 0) is 21.4 Å². The Bertz CT molecular complexity index is 894. The number of nitrogens with one attached hydrogen (secondary N) is 1. The van der Waals surface area contributed by atoms with Crippen molar-refractivity contribution in [3.05, 3.63) is 57.2 Å². The molecule has 27 heavy (non-hydrogen) atoms. The van der Waals surface area contributed by atoms with Gasteiger partial charge in [-0.2, -0.15) is 4.31 Å². The van der Waals surface area contributed by atoms with Gasteiger partial charge < -0.3 is 5.32 Å². The van der Waals surface area contributed by atoms with Gasteiger partial charge in [0.1, 0.15) is 0 Å². The predicted octanol–water partition coefficient (Wildman–Crippen LogP) is 3.32. The Morgan fingerprint density at radius 3 is 2.44 bits per heavy atom. The lowest BCUT2D eigenvalue weighted by Gasteiger charge is -2.30. The first-order chi connectivity index (χ1) is 12.9. The Morgan fingerprint density at radius 1 is 1.19 bits per heavy atom. The van der Waals surface area contributed by atoms with E-state index in [0.717, 1.165) is 5.56 Å². The molecule has 1 N–H and O–H groups in total. The van der Waals surface area contributed by atoms with Crippen LogP contribution in [0.15, 0.2) is 56.6 Å². The van der Waals surface area contributed by atoms with E-state index < -0.39 is 10.0 Å². The molecule has 144 valence electrons. The molecule has 0 bridgehead atoms. The van der Waals surface area contributed by atoms with Crippen molar-refractivity contribution < 1.29 is 13.2 Å². The van der Waals surface area contributed by atoms with Gasteiger partial charge in [-0.15, -0.1) is 0 Å². The number of piperidine rings is 1. The molecule has 0 atom stereocenters. The minimum atomic E-state index is -3.58. The maximum atomic E-state index is 12.9. The summed E-state index contributed by atoms with van der Waals surface area (Å²) in [4.78, 5) is 16.6. The minimum absolute atomic E-state index is 0.0406. The second-order valence-corrected chi connectivity index (χ2v) is 10.1. The number of aromatic nitrogens is 1. The molecule has 0 aliphatic carbocycles. The third-order valence-corrected chi connectivity index (χ3v) is 7.28. The number of hydrogen-bond acceptors (Lipinski definition) is 4. The highest BCUT2D eigenvalue weighted by Gasteiger charge is 2.32. The molecule has 2 aromatic rings. The smallest absolute Gasteiger partial charge is 0.243 e. The molecule has 0 spiro atoms. The van der Waals surface area contributed by atoms with Gasteiger partial charge >= 0.3 is 0 Å². The van der Waals surface area contributed by atoms with Crippen LogP contribution in [0.25, 0.3) is 0 Å².